The third-order valence-electron chi connectivity index (χ3n) is 11.5. The number of amides is 1. The van der Waals surface area contributed by atoms with Crippen LogP contribution in [0.1, 0.15) is 65.7 Å². The van der Waals surface area contributed by atoms with E-state index in [1.54, 1.807) is 32.3 Å². The van der Waals surface area contributed by atoms with Crippen LogP contribution in [0.4, 0.5) is 5.69 Å². The Morgan fingerprint density at radius 3 is 2.45 bits per heavy atom. The molecule has 3 heterocycles. The first kappa shape index (κ1) is 38.7. The molecule has 1 amide bonds. The van der Waals surface area contributed by atoms with Gasteiger partial charge in [-0.15, -0.1) is 0 Å². The maximum atomic E-state index is 14.2. The number of carbonyl (C=O) groups excluding carboxylic acids is 1. The van der Waals surface area contributed by atoms with Crippen LogP contribution in [0, 0.1) is 26.2 Å². The number of carbonyl (C=O) groups is 1. The summed E-state index contributed by atoms with van der Waals surface area (Å²) in [7, 11) is -0.917. The number of halogens is 1. The van der Waals surface area contributed by atoms with Crippen LogP contribution in [0.3, 0.4) is 0 Å². The van der Waals surface area contributed by atoms with Crippen LogP contribution < -0.4 is 15.1 Å². The molecule has 0 radical (unpaired) electrons. The first-order chi connectivity index (χ1) is 26.1. The number of sulfonamides is 1. The Kier molecular flexibility index (Phi) is 10.7. The molecule has 55 heavy (non-hydrogen) atoms. The molecule has 3 aromatic carbocycles. The van der Waals surface area contributed by atoms with E-state index in [1.807, 2.05) is 57.2 Å². The van der Waals surface area contributed by atoms with Crippen molar-refractivity contribution in [3.05, 3.63) is 111 Å². The molecule has 0 saturated carbocycles. The van der Waals surface area contributed by atoms with Gasteiger partial charge in [0.05, 0.1) is 16.7 Å². The lowest BCUT2D eigenvalue weighted by Gasteiger charge is -2.39. The van der Waals surface area contributed by atoms with Gasteiger partial charge in [0, 0.05) is 68.1 Å². The molecule has 0 bridgehead atoms. The quantitative estimate of drug-likeness (QED) is 0.156. The predicted molar refractivity (Wildman–Crippen MR) is 225 cm³/mol. The van der Waals surface area contributed by atoms with E-state index in [0.29, 0.717) is 22.5 Å². The van der Waals surface area contributed by atoms with Gasteiger partial charge in [0.15, 0.2) is 0 Å². The van der Waals surface area contributed by atoms with Crippen molar-refractivity contribution in [3.63, 3.8) is 0 Å². The number of ether oxygens (including phenoxy) is 1. The van der Waals surface area contributed by atoms with Gasteiger partial charge in [-0.05, 0) is 104 Å². The number of fused-ring (bicyclic) bond motifs is 1. The zero-order valence-electron chi connectivity index (χ0n) is 32.8. The summed E-state index contributed by atoms with van der Waals surface area (Å²) in [6.07, 6.45) is 6.69. The van der Waals surface area contributed by atoms with E-state index in [1.165, 1.54) is 30.2 Å². The summed E-state index contributed by atoms with van der Waals surface area (Å²) < 4.78 is 35.5. The van der Waals surface area contributed by atoms with Crippen LogP contribution in [0.25, 0.3) is 16.6 Å². The van der Waals surface area contributed by atoms with Crippen LogP contribution in [-0.4, -0.2) is 81.1 Å². The Morgan fingerprint density at radius 1 is 1.00 bits per heavy atom. The molecule has 12 heteroatoms. The van der Waals surface area contributed by atoms with E-state index in [2.05, 4.69) is 45.7 Å². The topological polar surface area (TPSA) is 98.8 Å². The van der Waals surface area contributed by atoms with Gasteiger partial charge in [0.1, 0.15) is 25.0 Å². The van der Waals surface area contributed by atoms with Gasteiger partial charge in [-0.3, -0.25) is 9.69 Å². The lowest BCUT2D eigenvalue weighted by atomic mass is 9.72. The van der Waals surface area contributed by atoms with Crippen molar-refractivity contribution in [2.45, 2.75) is 58.8 Å². The molecule has 286 valence electrons. The second-order valence-corrected chi connectivity index (χ2v) is 18.3. The standard InChI is InChI=1S/C43H49BClN5O4S/c1-27-21-38(44)28(2)29(3)40(27)55(52,53)48(6)42(51)36-12-11-34(23-39(36)54-35-22-31-14-16-46-41(31)47-25-35)50-19-17-49(18-20-50)26-32-13-15-43(4,5)24-37(32)30-7-9-33(45)10-8-30/h7-12,14,16,21-23,25H,13,15,17-20,24,26,44H2,1-6H3,(H,46,47). The fourth-order valence-electron chi connectivity index (χ4n) is 8.04. The van der Waals surface area contributed by atoms with Crippen molar-refractivity contribution in [2.24, 2.45) is 5.41 Å². The molecule has 5 aromatic rings. The summed E-state index contributed by atoms with van der Waals surface area (Å²) >= 11 is 6.24. The molecule has 9 nitrogen and oxygen atoms in total. The minimum Gasteiger partial charge on any atom is -0.455 e. The van der Waals surface area contributed by atoms with Crippen molar-refractivity contribution in [1.82, 2.24) is 19.2 Å². The van der Waals surface area contributed by atoms with Crippen molar-refractivity contribution in [1.29, 1.82) is 0 Å². The normalized spacial score (nSPS) is 16.5. The number of anilines is 1. The molecule has 0 spiro atoms. The number of hydrogen-bond acceptors (Lipinski definition) is 7. The number of allylic oxidation sites excluding steroid dienone is 1. The zero-order valence-corrected chi connectivity index (χ0v) is 34.4. The van der Waals surface area contributed by atoms with E-state index < -0.39 is 15.9 Å². The smallest absolute Gasteiger partial charge is 0.271 e. The van der Waals surface area contributed by atoms with Crippen LogP contribution in [0.2, 0.25) is 5.02 Å². The fourth-order valence-corrected chi connectivity index (χ4v) is 9.76. The molecule has 1 aliphatic carbocycles. The number of hydrogen-bond donors (Lipinski definition) is 1. The Labute approximate surface area is 330 Å². The summed E-state index contributed by atoms with van der Waals surface area (Å²) in [5.74, 6) is 0.0224. The van der Waals surface area contributed by atoms with Crippen molar-refractivity contribution < 1.29 is 17.9 Å². The average molecular weight is 778 g/mol. The number of aromatic nitrogens is 2. The molecular weight excluding hydrogens is 729 g/mol. The number of aryl methyl sites for hydroxylation is 1. The van der Waals surface area contributed by atoms with E-state index in [4.69, 9.17) is 16.3 Å². The summed E-state index contributed by atoms with van der Waals surface area (Å²) in [4.78, 5) is 26.8. The van der Waals surface area contributed by atoms with Gasteiger partial charge in [-0.1, -0.05) is 60.2 Å². The molecular formula is C43H49BClN5O4S. The van der Waals surface area contributed by atoms with Gasteiger partial charge in [-0.25, -0.2) is 17.7 Å². The molecule has 1 saturated heterocycles. The van der Waals surface area contributed by atoms with Crippen LogP contribution in [0.5, 0.6) is 11.5 Å². The molecule has 7 rings (SSSR count). The van der Waals surface area contributed by atoms with Crippen molar-refractivity contribution >= 4 is 63.1 Å². The first-order valence-corrected chi connectivity index (χ1v) is 20.7. The first-order valence-electron chi connectivity index (χ1n) is 18.9. The highest BCUT2D eigenvalue weighted by Crippen LogP contribution is 2.43. The monoisotopic (exact) mass is 777 g/mol. The maximum Gasteiger partial charge on any atom is 0.271 e. The van der Waals surface area contributed by atoms with Crippen molar-refractivity contribution in [2.75, 3.05) is 44.7 Å². The summed E-state index contributed by atoms with van der Waals surface area (Å²) in [6, 6.07) is 19.3. The highest BCUT2D eigenvalue weighted by atomic mass is 35.5. The molecule has 0 unspecified atom stereocenters. The molecule has 1 aliphatic heterocycles. The lowest BCUT2D eigenvalue weighted by molar-refractivity contribution is 0.0880. The van der Waals surface area contributed by atoms with Crippen LogP contribution >= 0.6 is 11.6 Å². The molecule has 1 fully saturated rings. The Hall–Kier alpha value is -4.58. The van der Waals surface area contributed by atoms with E-state index in [9.17, 15) is 13.2 Å². The minimum absolute atomic E-state index is 0.142. The number of aromatic amines is 1. The third kappa shape index (κ3) is 7.93. The molecule has 1 N–H and O–H groups in total. The minimum atomic E-state index is -4.19. The van der Waals surface area contributed by atoms with Gasteiger partial charge < -0.3 is 14.6 Å². The summed E-state index contributed by atoms with van der Waals surface area (Å²) in [5, 5.41) is 1.61. The van der Waals surface area contributed by atoms with E-state index >= 15 is 0 Å². The number of rotatable bonds is 9. The Bertz CT molecular complexity index is 2420. The second-order valence-electron chi connectivity index (χ2n) is 15.9. The van der Waals surface area contributed by atoms with Gasteiger partial charge in [-0.2, -0.15) is 0 Å². The highest BCUT2D eigenvalue weighted by molar-refractivity contribution is 7.89. The Balaban J connectivity index is 1.15. The maximum absolute atomic E-state index is 14.2. The average Bonchev–Trinajstić information content (AvgIpc) is 3.63. The summed E-state index contributed by atoms with van der Waals surface area (Å²) in [5.41, 5.74) is 9.34. The van der Waals surface area contributed by atoms with Crippen molar-refractivity contribution in [3.8, 4) is 11.5 Å². The Morgan fingerprint density at radius 2 is 1.73 bits per heavy atom. The number of nitrogens with zero attached hydrogens (tertiary/aromatic N) is 4. The van der Waals surface area contributed by atoms with Gasteiger partial charge in [0.25, 0.3) is 15.9 Å². The van der Waals surface area contributed by atoms with Gasteiger partial charge >= 0.3 is 0 Å². The summed E-state index contributed by atoms with van der Waals surface area (Å²) in [6.45, 7) is 14.4. The highest BCUT2D eigenvalue weighted by Gasteiger charge is 2.33. The molecule has 2 aliphatic rings. The molecule has 2 aromatic heterocycles. The number of piperazine rings is 1. The third-order valence-corrected chi connectivity index (χ3v) is 13.8. The number of pyridine rings is 1. The van der Waals surface area contributed by atoms with Gasteiger partial charge in [0.2, 0.25) is 0 Å². The predicted octanol–water partition coefficient (Wildman–Crippen LogP) is 7.44. The largest absolute Gasteiger partial charge is 0.455 e. The zero-order chi connectivity index (χ0) is 39.2. The fraction of sp³-hybridized carbons (Fsp3) is 0.349. The lowest BCUT2D eigenvalue weighted by Crippen LogP contribution is -2.47. The second kappa shape index (κ2) is 15.2. The number of nitrogens with one attached hydrogen (secondary N) is 1. The van der Waals surface area contributed by atoms with Crippen LogP contribution in [0.15, 0.2) is 83.5 Å². The van der Waals surface area contributed by atoms with E-state index in [-0.39, 0.29) is 21.6 Å². The van der Waals surface area contributed by atoms with Crippen LogP contribution in [-0.2, 0) is 10.0 Å². The number of H-pyrrole nitrogens is 1. The van der Waals surface area contributed by atoms with E-state index in [0.717, 1.165) is 77.0 Å². The molecule has 0 atom stereocenters. The number of benzene rings is 3. The SMILES string of the molecule is Bc1cc(C)c(S(=O)(=O)N(C)C(=O)c2ccc(N3CCN(CC4=C(c5ccc(Cl)cc5)CC(C)(C)CC4)CC3)cc2Oc2cnc3[nH]ccc3c2)c(C)c1C.